The first-order valence-electron chi connectivity index (χ1n) is 11.4. The zero-order valence-corrected chi connectivity index (χ0v) is 19.8. The van der Waals surface area contributed by atoms with Crippen LogP contribution in [0.2, 0.25) is 0 Å². The summed E-state index contributed by atoms with van der Waals surface area (Å²) in [5, 5.41) is 0. The highest BCUT2D eigenvalue weighted by molar-refractivity contribution is 6.03. The highest BCUT2D eigenvalue weighted by Gasteiger charge is 2.26. The van der Waals surface area contributed by atoms with Crippen LogP contribution in [-0.4, -0.2) is 54.9 Å². The number of nitrogen functional groups attached to an aromatic ring is 1. The lowest BCUT2D eigenvalue weighted by Gasteiger charge is -2.32. The maximum Gasteiger partial charge on any atom is 0.255 e. The van der Waals surface area contributed by atoms with Gasteiger partial charge in [-0.05, 0) is 54.4 Å². The molecule has 1 amide bonds. The first kappa shape index (κ1) is 23.3. The van der Waals surface area contributed by atoms with Crippen molar-refractivity contribution >= 4 is 23.1 Å². The summed E-state index contributed by atoms with van der Waals surface area (Å²) in [6.45, 7) is 2.59. The molecule has 34 heavy (non-hydrogen) atoms. The van der Waals surface area contributed by atoms with Crippen molar-refractivity contribution in [2.45, 2.75) is 25.9 Å². The number of hydrogen-bond acceptors (Lipinski definition) is 6. The average molecular weight is 459 g/mol. The Hall–Kier alpha value is -3.87. The van der Waals surface area contributed by atoms with E-state index in [4.69, 9.17) is 10.5 Å². The molecule has 1 fully saturated rings. The Balaban J connectivity index is 1.38. The van der Waals surface area contributed by atoms with Gasteiger partial charge in [-0.1, -0.05) is 12.1 Å². The van der Waals surface area contributed by atoms with Crippen LogP contribution in [0.4, 0.5) is 11.4 Å². The molecular weight excluding hydrogens is 428 g/mol. The molecular formula is C27H30N4O3. The van der Waals surface area contributed by atoms with Gasteiger partial charge in [-0.3, -0.25) is 9.59 Å². The van der Waals surface area contributed by atoms with Gasteiger partial charge in [0.1, 0.15) is 6.10 Å². The SMILES string of the molecule is CC(=O)c1ccc(N)c(C(=O)N2CCC(Oc3cc(-c4ccc(N(C)C)cc4)ccn3)CC2)c1. The second-order valence-corrected chi connectivity index (χ2v) is 8.79. The van der Waals surface area contributed by atoms with Gasteiger partial charge in [-0.2, -0.15) is 0 Å². The van der Waals surface area contributed by atoms with Crippen LogP contribution in [0.3, 0.4) is 0 Å². The summed E-state index contributed by atoms with van der Waals surface area (Å²) in [6.07, 6.45) is 3.13. The van der Waals surface area contributed by atoms with Crippen molar-refractivity contribution in [1.82, 2.24) is 9.88 Å². The third-order valence-corrected chi connectivity index (χ3v) is 6.16. The Labute approximate surface area is 200 Å². The zero-order chi connectivity index (χ0) is 24.2. The number of carbonyl (C=O) groups is 2. The maximum absolute atomic E-state index is 13.0. The molecule has 0 unspecified atom stereocenters. The van der Waals surface area contributed by atoms with E-state index in [-0.39, 0.29) is 17.8 Å². The lowest BCUT2D eigenvalue weighted by molar-refractivity contribution is 0.0589. The van der Waals surface area contributed by atoms with E-state index >= 15 is 0 Å². The molecule has 1 aliphatic heterocycles. The minimum absolute atomic E-state index is 0.0242. The number of pyridine rings is 1. The number of piperidine rings is 1. The highest BCUT2D eigenvalue weighted by atomic mass is 16.5. The van der Waals surface area contributed by atoms with Crippen LogP contribution < -0.4 is 15.4 Å². The molecule has 3 aromatic rings. The number of anilines is 2. The van der Waals surface area contributed by atoms with Gasteiger partial charge in [0.25, 0.3) is 5.91 Å². The summed E-state index contributed by atoms with van der Waals surface area (Å²) in [4.78, 5) is 32.9. The molecule has 2 heterocycles. The van der Waals surface area contributed by atoms with Gasteiger partial charge >= 0.3 is 0 Å². The quantitative estimate of drug-likeness (QED) is 0.438. The van der Waals surface area contributed by atoms with Gasteiger partial charge in [0, 0.05) is 69.2 Å². The molecule has 7 heteroatoms. The summed E-state index contributed by atoms with van der Waals surface area (Å²) in [6, 6.07) is 17.1. The molecule has 1 saturated heterocycles. The van der Waals surface area contributed by atoms with E-state index in [1.807, 2.05) is 26.2 Å². The summed E-state index contributed by atoms with van der Waals surface area (Å²) in [7, 11) is 4.04. The summed E-state index contributed by atoms with van der Waals surface area (Å²) in [5.41, 5.74) is 10.6. The molecule has 7 nitrogen and oxygen atoms in total. The number of benzene rings is 2. The van der Waals surface area contributed by atoms with Crippen LogP contribution >= 0.6 is 0 Å². The monoisotopic (exact) mass is 458 g/mol. The van der Waals surface area contributed by atoms with E-state index in [0.717, 1.165) is 16.8 Å². The van der Waals surface area contributed by atoms with Crippen LogP contribution in [0.25, 0.3) is 11.1 Å². The van der Waals surface area contributed by atoms with Crippen LogP contribution in [0.5, 0.6) is 5.88 Å². The second kappa shape index (κ2) is 9.95. The van der Waals surface area contributed by atoms with E-state index in [9.17, 15) is 9.59 Å². The number of rotatable bonds is 6. The fourth-order valence-electron chi connectivity index (χ4n) is 4.08. The van der Waals surface area contributed by atoms with E-state index in [1.165, 1.54) is 6.92 Å². The van der Waals surface area contributed by atoms with E-state index in [0.29, 0.717) is 48.6 Å². The van der Waals surface area contributed by atoms with Gasteiger partial charge in [-0.15, -0.1) is 0 Å². The van der Waals surface area contributed by atoms with Crippen molar-refractivity contribution < 1.29 is 14.3 Å². The Morgan fingerprint density at radius 1 is 1.00 bits per heavy atom. The van der Waals surface area contributed by atoms with Crippen LogP contribution in [0.1, 0.15) is 40.5 Å². The molecule has 2 N–H and O–H groups in total. The van der Waals surface area contributed by atoms with Gasteiger partial charge < -0.3 is 20.3 Å². The average Bonchev–Trinajstić information content (AvgIpc) is 2.84. The van der Waals surface area contributed by atoms with Gasteiger partial charge in [0.15, 0.2) is 5.78 Å². The smallest absolute Gasteiger partial charge is 0.255 e. The Morgan fingerprint density at radius 3 is 2.35 bits per heavy atom. The normalized spacial score (nSPS) is 14.0. The minimum Gasteiger partial charge on any atom is -0.474 e. The molecule has 4 rings (SSSR count). The molecule has 0 atom stereocenters. The van der Waals surface area contributed by atoms with Crippen molar-refractivity contribution in [3.63, 3.8) is 0 Å². The van der Waals surface area contributed by atoms with Crippen molar-refractivity contribution in [3.8, 4) is 17.0 Å². The van der Waals surface area contributed by atoms with Crippen LogP contribution in [-0.2, 0) is 0 Å². The van der Waals surface area contributed by atoms with E-state index < -0.39 is 0 Å². The fraction of sp³-hybridized carbons (Fsp3) is 0.296. The molecule has 0 saturated carbocycles. The minimum atomic E-state index is -0.152. The fourth-order valence-corrected chi connectivity index (χ4v) is 4.08. The second-order valence-electron chi connectivity index (χ2n) is 8.79. The topological polar surface area (TPSA) is 88.8 Å². The number of ketones is 1. The zero-order valence-electron chi connectivity index (χ0n) is 19.8. The number of ether oxygens (including phenoxy) is 1. The first-order valence-corrected chi connectivity index (χ1v) is 11.4. The number of carbonyl (C=O) groups excluding carboxylic acids is 2. The van der Waals surface area contributed by atoms with E-state index in [2.05, 4.69) is 34.1 Å². The highest BCUT2D eigenvalue weighted by Crippen LogP contribution is 2.27. The van der Waals surface area contributed by atoms with Crippen molar-refractivity contribution in [2.24, 2.45) is 0 Å². The molecule has 1 aliphatic rings. The number of amides is 1. The molecule has 0 spiro atoms. The van der Waals surface area contributed by atoms with Gasteiger partial charge in [0.2, 0.25) is 5.88 Å². The molecule has 2 aromatic carbocycles. The number of likely N-dealkylation sites (tertiary alicyclic amines) is 1. The summed E-state index contributed by atoms with van der Waals surface area (Å²) >= 11 is 0. The lowest BCUT2D eigenvalue weighted by atomic mass is 10.0. The molecule has 0 radical (unpaired) electrons. The Bertz CT molecular complexity index is 1180. The third kappa shape index (κ3) is 5.20. The number of nitrogens with two attached hydrogens (primary N) is 1. The lowest BCUT2D eigenvalue weighted by Crippen LogP contribution is -2.42. The predicted molar refractivity (Wildman–Crippen MR) is 134 cm³/mol. The van der Waals surface area contributed by atoms with Gasteiger partial charge in [0.05, 0.1) is 5.56 Å². The Morgan fingerprint density at radius 2 is 1.71 bits per heavy atom. The summed E-state index contributed by atoms with van der Waals surface area (Å²) < 4.78 is 6.16. The van der Waals surface area contributed by atoms with Crippen molar-refractivity contribution in [1.29, 1.82) is 0 Å². The summed E-state index contributed by atoms with van der Waals surface area (Å²) in [5.74, 6) is 0.335. The number of aromatic nitrogens is 1. The van der Waals surface area contributed by atoms with Crippen LogP contribution in [0.15, 0.2) is 60.8 Å². The first-order chi connectivity index (χ1) is 16.3. The largest absolute Gasteiger partial charge is 0.474 e. The maximum atomic E-state index is 13.0. The Kier molecular flexibility index (Phi) is 6.82. The van der Waals surface area contributed by atoms with Crippen LogP contribution in [0, 0.1) is 0 Å². The predicted octanol–water partition coefficient (Wildman–Crippen LogP) is 4.28. The van der Waals surface area contributed by atoms with Crippen molar-refractivity contribution in [3.05, 3.63) is 71.9 Å². The number of nitrogens with zero attached hydrogens (tertiary/aromatic N) is 3. The van der Waals surface area contributed by atoms with Gasteiger partial charge in [-0.25, -0.2) is 4.98 Å². The molecule has 176 valence electrons. The molecule has 1 aromatic heterocycles. The van der Waals surface area contributed by atoms with E-state index in [1.54, 1.807) is 29.3 Å². The number of hydrogen-bond donors (Lipinski definition) is 1. The molecule has 0 aliphatic carbocycles. The third-order valence-electron chi connectivity index (χ3n) is 6.16. The van der Waals surface area contributed by atoms with Crippen molar-refractivity contribution in [2.75, 3.05) is 37.8 Å². The standard InChI is InChI=1S/C27H30N4O3/c1-18(32)20-6-9-25(28)24(16-20)27(33)31-14-11-23(12-15-31)34-26-17-21(10-13-29-26)19-4-7-22(8-5-19)30(2)3/h4-10,13,16-17,23H,11-12,14-15,28H2,1-3H3. The molecule has 0 bridgehead atoms. The number of Topliss-reactive ketones (excluding diaryl/α,β-unsaturated/α-hetero) is 1.